The number of carbonyl (C=O) groups is 1. The standard InChI is InChI=1S/C22H25N5O3/c1-22(2)18(14-6-4-3-5-7-14)26(21(29)30-22)15-8-10-16(11-9-15)27-19-17(25-20(27)28)12-23-13-24-19/h3-7,12-13,15-16,18H,8-11H2,1-2H3,(H,25,28)/t15?,16?,18-/m0/s1. The van der Waals surface area contributed by atoms with Crippen molar-refractivity contribution in [1.82, 2.24) is 24.4 Å². The Balaban J connectivity index is 1.40. The molecular formula is C22H25N5O3. The average Bonchev–Trinajstić information content (AvgIpc) is 3.20. The number of nitrogens with zero attached hydrogens (tertiary/aromatic N) is 4. The van der Waals surface area contributed by atoms with E-state index in [2.05, 4.69) is 27.1 Å². The van der Waals surface area contributed by atoms with Crippen LogP contribution >= 0.6 is 0 Å². The molecule has 1 aliphatic carbocycles. The second-order valence-corrected chi connectivity index (χ2v) is 8.71. The van der Waals surface area contributed by atoms with Gasteiger partial charge in [0, 0.05) is 12.1 Å². The van der Waals surface area contributed by atoms with E-state index in [4.69, 9.17) is 4.74 Å². The molecule has 8 heteroatoms. The molecule has 2 aliphatic rings. The summed E-state index contributed by atoms with van der Waals surface area (Å²) < 4.78 is 7.51. The Bertz CT molecular complexity index is 1130. The van der Waals surface area contributed by atoms with E-state index in [1.54, 1.807) is 10.8 Å². The van der Waals surface area contributed by atoms with Crippen LogP contribution in [0.5, 0.6) is 0 Å². The zero-order valence-electron chi connectivity index (χ0n) is 17.1. The van der Waals surface area contributed by atoms with Gasteiger partial charge in [0.1, 0.15) is 17.4 Å². The predicted molar refractivity (Wildman–Crippen MR) is 111 cm³/mol. The number of hydrogen-bond acceptors (Lipinski definition) is 5. The van der Waals surface area contributed by atoms with Gasteiger partial charge >= 0.3 is 11.8 Å². The molecule has 3 heterocycles. The number of carbonyl (C=O) groups excluding carboxylic acids is 1. The Morgan fingerprint density at radius 1 is 1.07 bits per heavy atom. The number of imidazole rings is 1. The zero-order valence-corrected chi connectivity index (χ0v) is 17.1. The fourth-order valence-electron chi connectivity index (χ4n) is 5.14. The lowest BCUT2D eigenvalue weighted by molar-refractivity contribution is 0.0662. The molecule has 30 heavy (non-hydrogen) atoms. The van der Waals surface area contributed by atoms with Crippen molar-refractivity contribution >= 4 is 17.3 Å². The minimum absolute atomic E-state index is 0.0548. The third-order valence-electron chi connectivity index (χ3n) is 6.42. The van der Waals surface area contributed by atoms with Crippen molar-refractivity contribution in [2.24, 2.45) is 0 Å². The van der Waals surface area contributed by atoms with Crippen molar-refractivity contribution in [3.8, 4) is 0 Å². The van der Waals surface area contributed by atoms with Crippen LogP contribution in [0.1, 0.15) is 57.2 Å². The molecule has 0 spiro atoms. The van der Waals surface area contributed by atoms with Crippen LogP contribution in [-0.2, 0) is 4.74 Å². The molecule has 8 nitrogen and oxygen atoms in total. The highest BCUT2D eigenvalue weighted by Gasteiger charge is 2.51. The fraction of sp³-hybridized carbons (Fsp3) is 0.455. The topological polar surface area (TPSA) is 93.1 Å². The number of rotatable bonds is 3. The van der Waals surface area contributed by atoms with E-state index < -0.39 is 5.60 Å². The molecule has 1 amide bonds. The van der Waals surface area contributed by atoms with Gasteiger partial charge in [0.15, 0.2) is 5.65 Å². The molecule has 0 radical (unpaired) electrons. The quantitative estimate of drug-likeness (QED) is 0.716. The third kappa shape index (κ3) is 2.98. The number of benzene rings is 1. The Hall–Kier alpha value is -3.16. The van der Waals surface area contributed by atoms with Gasteiger partial charge in [-0.1, -0.05) is 30.3 Å². The molecule has 0 bridgehead atoms. The van der Waals surface area contributed by atoms with E-state index >= 15 is 0 Å². The summed E-state index contributed by atoms with van der Waals surface area (Å²) in [6, 6.07) is 10.1. The number of aromatic amines is 1. The van der Waals surface area contributed by atoms with Crippen LogP contribution in [0, 0.1) is 0 Å². The number of cyclic esters (lactones) is 1. The van der Waals surface area contributed by atoms with Crippen molar-refractivity contribution in [3.63, 3.8) is 0 Å². The van der Waals surface area contributed by atoms with Crippen LogP contribution in [0.25, 0.3) is 11.2 Å². The molecule has 2 aromatic heterocycles. The average molecular weight is 407 g/mol. The lowest BCUT2D eigenvalue weighted by Crippen LogP contribution is -2.43. The number of fused-ring (bicyclic) bond motifs is 1. The summed E-state index contributed by atoms with van der Waals surface area (Å²) in [6.45, 7) is 3.94. The largest absolute Gasteiger partial charge is 0.441 e. The van der Waals surface area contributed by atoms with Gasteiger partial charge in [-0.2, -0.15) is 0 Å². The SMILES string of the molecule is CC1(C)OC(=O)N(C2CCC(n3c(=O)[nH]c4cncnc43)CC2)[C@H]1c1ccccc1. The smallest absolute Gasteiger partial charge is 0.411 e. The molecule has 1 saturated carbocycles. The highest BCUT2D eigenvalue weighted by atomic mass is 16.6. The maximum absolute atomic E-state index is 12.8. The van der Waals surface area contributed by atoms with E-state index in [-0.39, 0.29) is 29.9 Å². The van der Waals surface area contributed by atoms with Crippen molar-refractivity contribution in [2.75, 3.05) is 0 Å². The molecule has 3 aromatic rings. The molecule has 1 aromatic carbocycles. The molecular weight excluding hydrogens is 382 g/mol. The lowest BCUT2D eigenvalue weighted by atomic mass is 9.86. The van der Waals surface area contributed by atoms with E-state index in [1.165, 1.54) is 6.33 Å². The van der Waals surface area contributed by atoms with E-state index in [0.29, 0.717) is 11.2 Å². The van der Waals surface area contributed by atoms with Gasteiger partial charge in [-0.3, -0.25) is 9.47 Å². The van der Waals surface area contributed by atoms with Gasteiger partial charge in [-0.25, -0.2) is 19.6 Å². The number of hydrogen-bond donors (Lipinski definition) is 1. The number of H-pyrrole nitrogens is 1. The van der Waals surface area contributed by atoms with Crippen LogP contribution in [-0.4, -0.2) is 42.2 Å². The van der Waals surface area contributed by atoms with E-state index in [1.807, 2.05) is 36.9 Å². The summed E-state index contributed by atoms with van der Waals surface area (Å²) in [7, 11) is 0. The predicted octanol–water partition coefficient (Wildman–Crippen LogP) is 3.58. The Labute approximate surface area is 173 Å². The number of nitrogens with one attached hydrogen (secondary N) is 1. The summed E-state index contributed by atoms with van der Waals surface area (Å²) in [5.41, 5.74) is 1.62. The first kappa shape index (κ1) is 18.8. The fourth-order valence-corrected chi connectivity index (χ4v) is 5.14. The minimum Gasteiger partial charge on any atom is -0.441 e. The van der Waals surface area contributed by atoms with Gasteiger partial charge in [0.2, 0.25) is 0 Å². The Morgan fingerprint density at radius 3 is 2.50 bits per heavy atom. The molecule has 156 valence electrons. The summed E-state index contributed by atoms with van der Waals surface area (Å²) in [5.74, 6) is 0. The van der Waals surface area contributed by atoms with Crippen molar-refractivity contribution in [3.05, 3.63) is 58.9 Å². The highest BCUT2D eigenvalue weighted by Crippen LogP contribution is 2.45. The lowest BCUT2D eigenvalue weighted by Gasteiger charge is -2.38. The first-order valence-corrected chi connectivity index (χ1v) is 10.4. The maximum Gasteiger partial charge on any atom is 0.411 e. The Morgan fingerprint density at radius 2 is 1.77 bits per heavy atom. The second kappa shape index (κ2) is 6.97. The molecule has 1 saturated heterocycles. The molecule has 1 N–H and O–H groups in total. The highest BCUT2D eigenvalue weighted by molar-refractivity contribution is 5.72. The Kier molecular flexibility index (Phi) is 4.38. The molecule has 2 fully saturated rings. The normalized spacial score (nSPS) is 26.1. The molecule has 0 unspecified atom stereocenters. The minimum atomic E-state index is -0.597. The van der Waals surface area contributed by atoms with Crippen molar-refractivity contribution < 1.29 is 9.53 Å². The summed E-state index contributed by atoms with van der Waals surface area (Å²) >= 11 is 0. The summed E-state index contributed by atoms with van der Waals surface area (Å²) in [6.07, 6.45) is 6.05. The van der Waals surface area contributed by atoms with Gasteiger partial charge in [-0.15, -0.1) is 0 Å². The van der Waals surface area contributed by atoms with Gasteiger partial charge in [-0.05, 0) is 45.1 Å². The van der Waals surface area contributed by atoms with Crippen LogP contribution in [0.15, 0.2) is 47.7 Å². The van der Waals surface area contributed by atoms with E-state index in [0.717, 1.165) is 31.2 Å². The van der Waals surface area contributed by atoms with Gasteiger partial charge in [0.05, 0.1) is 12.2 Å². The first-order valence-electron chi connectivity index (χ1n) is 10.4. The van der Waals surface area contributed by atoms with Crippen LogP contribution in [0.2, 0.25) is 0 Å². The number of amides is 1. The van der Waals surface area contributed by atoms with Crippen LogP contribution < -0.4 is 5.69 Å². The van der Waals surface area contributed by atoms with Gasteiger partial charge in [0.25, 0.3) is 0 Å². The van der Waals surface area contributed by atoms with Gasteiger partial charge < -0.3 is 9.72 Å². The van der Waals surface area contributed by atoms with Crippen LogP contribution in [0.4, 0.5) is 4.79 Å². The summed E-state index contributed by atoms with van der Waals surface area (Å²) in [4.78, 5) is 38.4. The molecule has 5 rings (SSSR count). The number of aromatic nitrogens is 4. The van der Waals surface area contributed by atoms with Crippen LogP contribution in [0.3, 0.4) is 0 Å². The van der Waals surface area contributed by atoms with Crippen molar-refractivity contribution in [2.45, 2.75) is 63.3 Å². The van der Waals surface area contributed by atoms with Crippen molar-refractivity contribution in [1.29, 1.82) is 0 Å². The first-order chi connectivity index (χ1) is 14.5. The number of ether oxygens (including phenoxy) is 1. The van der Waals surface area contributed by atoms with E-state index in [9.17, 15) is 9.59 Å². The monoisotopic (exact) mass is 407 g/mol. The maximum atomic E-state index is 12.8. The summed E-state index contributed by atoms with van der Waals surface area (Å²) in [5, 5.41) is 0. The zero-order chi connectivity index (χ0) is 20.9. The molecule has 1 atom stereocenters. The molecule has 1 aliphatic heterocycles. The second-order valence-electron chi connectivity index (χ2n) is 8.71. The third-order valence-corrected chi connectivity index (χ3v) is 6.42.